The Bertz CT molecular complexity index is 941. The first-order valence-corrected chi connectivity index (χ1v) is 10.2. The number of amides is 1. The quantitative estimate of drug-likeness (QED) is 0.165. The van der Waals surface area contributed by atoms with Crippen molar-refractivity contribution in [3.8, 4) is 5.75 Å². The minimum Gasteiger partial charge on any atom is -0.497 e. The second kappa shape index (κ2) is 13.0. The number of non-ortho nitro benzene ring substituents is 1. The molecule has 180 valence electrons. The molecule has 0 spiro atoms. The molecule has 2 N–H and O–H groups in total. The zero-order valence-electron chi connectivity index (χ0n) is 19.6. The van der Waals surface area contributed by atoms with Crippen molar-refractivity contribution in [2.24, 2.45) is 4.99 Å². The van der Waals surface area contributed by atoms with Crippen LogP contribution in [0.5, 0.6) is 5.75 Å². The van der Waals surface area contributed by atoms with E-state index in [-0.39, 0.29) is 47.7 Å². The van der Waals surface area contributed by atoms with Gasteiger partial charge in [0.1, 0.15) is 5.75 Å². The van der Waals surface area contributed by atoms with E-state index in [0.29, 0.717) is 19.0 Å². The van der Waals surface area contributed by atoms with E-state index in [1.165, 1.54) is 12.1 Å². The van der Waals surface area contributed by atoms with E-state index in [1.807, 2.05) is 45.0 Å². The number of guanidine groups is 1. The van der Waals surface area contributed by atoms with Crippen molar-refractivity contribution in [3.05, 3.63) is 69.8 Å². The Morgan fingerprint density at radius 2 is 1.67 bits per heavy atom. The highest BCUT2D eigenvalue weighted by Gasteiger charge is 2.17. The maximum atomic E-state index is 12.4. The van der Waals surface area contributed by atoms with Gasteiger partial charge < -0.3 is 20.3 Å². The zero-order valence-corrected chi connectivity index (χ0v) is 22.0. The molecule has 0 bridgehead atoms. The van der Waals surface area contributed by atoms with Crippen molar-refractivity contribution in [1.82, 2.24) is 15.5 Å². The highest BCUT2D eigenvalue weighted by atomic mass is 127. The van der Waals surface area contributed by atoms with Crippen molar-refractivity contribution >= 4 is 41.5 Å². The summed E-state index contributed by atoms with van der Waals surface area (Å²) in [5.41, 5.74) is 1.57. The number of aliphatic imine (C=N–C) groups is 1. The summed E-state index contributed by atoms with van der Waals surface area (Å²) in [6.45, 7) is 6.73. The Morgan fingerprint density at radius 1 is 1.09 bits per heavy atom. The van der Waals surface area contributed by atoms with E-state index in [0.717, 1.165) is 16.9 Å². The number of likely N-dealkylation sites (N-methyl/N-ethyl adjacent to an activating group) is 1. The monoisotopic (exact) mass is 569 g/mol. The van der Waals surface area contributed by atoms with Crippen LogP contribution in [0.3, 0.4) is 0 Å². The molecular formula is C23H32IN5O4. The van der Waals surface area contributed by atoms with Crippen LogP contribution in [0.1, 0.15) is 31.9 Å². The molecule has 0 radical (unpaired) electrons. The predicted molar refractivity (Wildman–Crippen MR) is 140 cm³/mol. The lowest BCUT2D eigenvalue weighted by Crippen LogP contribution is -2.48. The highest BCUT2D eigenvalue weighted by molar-refractivity contribution is 14.0. The highest BCUT2D eigenvalue weighted by Crippen LogP contribution is 2.13. The molecular weight excluding hydrogens is 537 g/mol. The summed E-state index contributed by atoms with van der Waals surface area (Å²) >= 11 is 0. The fourth-order valence-corrected chi connectivity index (χ4v) is 2.87. The lowest BCUT2D eigenvalue weighted by molar-refractivity contribution is -0.384. The summed E-state index contributed by atoms with van der Waals surface area (Å²) in [4.78, 5) is 29.2. The van der Waals surface area contributed by atoms with Gasteiger partial charge in [0.05, 0.1) is 25.1 Å². The van der Waals surface area contributed by atoms with Gasteiger partial charge in [0.25, 0.3) is 5.69 Å². The molecule has 2 aromatic rings. The maximum absolute atomic E-state index is 12.4. The standard InChI is InChI=1S/C23H31N5O4.HI/c1-23(2,3)26-21(29)16-27(4)22(25-15-18-8-12-20(32-5)13-9-18)24-14-17-6-10-19(11-7-17)28(30)31;/h6-13H,14-16H2,1-5H3,(H,24,25)(H,26,29);1H. The number of methoxy groups -OCH3 is 1. The summed E-state index contributed by atoms with van der Waals surface area (Å²) in [5, 5.41) is 17.0. The predicted octanol–water partition coefficient (Wildman–Crippen LogP) is 3.71. The molecule has 1 amide bonds. The van der Waals surface area contributed by atoms with Gasteiger partial charge in [-0.1, -0.05) is 24.3 Å². The first-order chi connectivity index (χ1) is 15.1. The maximum Gasteiger partial charge on any atom is 0.269 e. The third kappa shape index (κ3) is 10.1. The van der Waals surface area contributed by atoms with Gasteiger partial charge in [-0.25, -0.2) is 4.99 Å². The molecule has 0 atom stereocenters. The van der Waals surface area contributed by atoms with Gasteiger partial charge in [-0.3, -0.25) is 14.9 Å². The molecule has 0 heterocycles. The number of ether oxygens (including phenoxy) is 1. The number of nitrogens with one attached hydrogen (secondary N) is 2. The number of hydrogen-bond acceptors (Lipinski definition) is 5. The number of nitrogens with zero attached hydrogens (tertiary/aromatic N) is 3. The first-order valence-electron chi connectivity index (χ1n) is 10.2. The van der Waals surface area contributed by atoms with Gasteiger partial charge >= 0.3 is 0 Å². The van der Waals surface area contributed by atoms with Crippen LogP contribution in [0, 0.1) is 10.1 Å². The molecule has 33 heavy (non-hydrogen) atoms. The second-order valence-electron chi connectivity index (χ2n) is 8.42. The van der Waals surface area contributed by atoms with Crippen LogP contribution in [-0.4, -0.2) is 47.9 Å². The molecule has 0 aromatic heterocycles. The van der Waals surface area contributed by atoms with Crippen molar-refractivity contribution in [1.29, 1.82) is 0 Å². The minimum atomic E-state index is -0.430. The SMILES string of the molecule is COc1ccc(CN=C(NCc2ccc([N+](=O)[O-])cc2)N(C)CC(=O)NC(C)(C)C)cc1.I. The largest absolute Gasteiger partial charge is 0.497 e. The Morgan fingerprint density at radius 3 is 2.18 bits per heavy atom. The summed E-state index contributed by atoms with van der Waals surface area (Å²) in [6, 6.07) is 13.9. The van der Waals surface area contributed by atoms with Crippen LogP contribution in [0.15, 0.2) is 53.5 Å². The summed E-state index contributed by atoms with van der Waals surface area (Å²) < 4.78 is 5.18. The molecule has 0 aliphatic rings. The van der Waals surface area contributed by atoms with Crippen molar-refractivity contribution in [2.45, 2.75) is 39.4 Å². The fraction of sp³-hybridized carbons (Fsp3) is 0.391. The summed E-state index contributed by atoms with van der Waals surface area (Å²) in [6.07, 6.45) is 0. The average Bonchev–Trinajstić information content (AvgIpc) is 2.73. The number of carbonyl (C=O) groups is 1. The van der Waals surface area contributed by atoms with Crippen molar-refractivity contribution in [3.63, 3.8) is 0 Å². The van der Waals surface area contributed by atoms with Crippen molar-refractivity contribution in [2.75, 3.05) is 20.7 Å². The smallest absolute Gasteiger partial charge is 0.269 e. The summed E-state index contributed by atoms with van der Waals surface area (Å²) in [5.74, 6) is 1.20. The van der Waals surface area contributed by atoms with Gasteiger partial charge in [-0.05, 0) is 44.0 Å². The second-order valence-corrected chi connectivity index (χ2v) is 8.42. The Hall–Kier alpha value is -2.89. The molecule has 0 saturated heterocycles. The van der Waals surface area contributed by atoms with E-state index in [4.69, 9.17) is 4.74 Å². The van der Waals surface area contributed by atoms with Crippen LogP contribution < -0.4 is 15.4 Å². The first kappa shape index (κ1) is 28.1. The number of hydrogen-bond donors (Lipinski definition) is 2. The van der Waals surface area contributed by atoms with E-state index >= 15 is 0 Å². The molecule has 2 aromatic carbocycles. The van der Waals surface area contributed by atoms with E-state index in [2.05, 4.69) is 15.6 Å². The molecule has 0 unspecified atom stereocenters. The average molecular weight is 569 g/mol. The molecule has 0 aliphatic heterocycles. The third-order valence-corrected chi connectivity index (χ3v) is 4.43. The third-order valence-electron chi connectivity index (χ3n) is 4.43. The molecule has 0 aliphatic carbocycles. The van der Waals surface area contributed by atoms with Crippen LogP contribution in [-0.2, 0) is 17.9 Å². The van der Waals surface area contributed by atoms with Crippen LogP contribution in [0.4, 0.5) is 5.69 Å². The number of halogens is 1. The fourth-order valence-electron chi connectivity index (χ4n) is 2.87. The van der Waals surface area contributed by atoms with Gasteiger partial charge in [0, 0.05) is 31.3 Å². The lowest BCUT2D eigenvalue weighted by atomic mass is 10.1. The molecule has 2 rings (SSSR count). The molecule has 10 heteroatoms. The van der Waals surface area contributed by atoms with E-state index in [1.54, 1.807) is 31.2 Å². The number of benzene rings is 2. The topological polar surface area (TPSA) is 109 Å². The zero-order chi connectivity index (χ0) is 23.7. The molecule has 0 saturated carbocycles. The number of nitro benzene ring substituents is 1. The van der Waals surface area contributed by atoms with Gasteiger partial charge in [-0.2, -0.15) is 0 Å². The van der Waals surface area contributed by atoms with Crippen LogP contribution in [0.25, 0.3) is 0 Å². The van der Waals surface area contributed by atoms with Gasteiger partial charge in [0.2, 0.25) is 5.91 Å². The number of rotatable bonds is 8. The summed E-state index contributed by atoms with van der Waals surface area (Å²) in [7, 11) is 3.41. The number of nitro groups is 1. The minimum absolute atomic E-state index is 0. The molecule has 0 fully saturated rings. The van der Waals surface area contributed by atoms with Gasteiger partial charge in [0.15, 0.2) is 5.96 Å². The van der Waals surface area contributed by atoms with E-state index in [9.17, 15) is 14.9 Å². The molecule has 9 nitrogen and oxygen atoms in total. The lowest BCUT2D eigenvalue weighted by Gasteiger charge is -2.25. The van der Waals surface area contributed by atoms with Crippen LogP contribution >= 0.6 is 24.0 Å². The Labute approximate surface area is 211 Å². The Kier molecular flexibility index (Phi) is 11.1. The normalized spacial score (nSPS) is 11.2. The number of carbonyl (C=O) groups excluding carboxylic acids is 1. The van der Waals surface area contributed by atoms with E-state index < -0.39 is 4.92 Å². The van der Waals surface area contributed by atoms with Gasteiger partial charge in [-0.15, -0.1) is 24.0 Å². The van der Waals surface area contributed by atoms with Crippen LogP contribution in [0.2, 0.25) is 0 Å². The Balaban J connectivity index is 0.00000544. The van der Waals surface area contributed by atoms with Crippen molar-refractivity contribution < 1.29 is 14.5 Å².